The third kappa shape index (κ3) is 6.63. The summed E-state index contributed by atoms with van der Waals surface area (Å²) >= 11 is 14.4. The Kier molecular flexibility index (Phi) is 9.85. The Bertz CT molecular complexity index is 885. The zero-order valence-corrected chi connectivity index (χ0v) is 24.6. The lowest BCUT2D eigenvalue weighted by atomic mass is 9.70. The van der Waals surface area contributed by atoms with Crippen LogP contribution in [0.5, 0.6) is 0 Å². The highest BCUT2D eigenvalue weighted by molar-refractivity contribution is 8.00. The number of hydrogen-bond acceptors (Lipinski definition) is 8. The van der Waals surface area contributed by atoms with Crippen LogP contribution in [0.3, 0.4) is 0 Å². The van der Waals surface area contributed by atoms with Crippen LogP contribution in [0.25, 0.3) is 0 Å². The number of hydrogen-bond donors (Lipinski definition) is 5. The van der Waals surface area contributed by atoms with Crippen molar-refractivity contribution in [1.29, 1.82) is 0 Å². The number of piperidine rings is 3. The van der Waals surface area contributed by atoms with Gasteiger partial charge in [0.1, 0.15) is 5.50 Å². The predicted molar refractivity (Wildman–Crippen MR) is 148 cm³/mol. The predicted octanol–water partition coefficient (Wildman–Crippen LogP) is 1.30. The highest BCUT2D eigenvalue weighted by Crippen LogP contribution is 2.39. The molecule has 5 aliphatic heterocycles. The van der Waals surface area contributed by atoms with Crippen molar-refractivity contribution in [1.82, 2.24) is 31.5 Å². The highest BCUT2D eigenvalue weighted by atomic mass is 35.5. The maximum Gasteiger partial charge on any atom is 0.253 e. The molecule has 0 spiro atoms. The van der Waals surface area contributed by atoms with Gasteiger partial charge in [0.25, 0.3) is 6.43 Å². The molecule has 2 amide bonds. The van der Waals surface area contributed by atoms with Crippen LogP contribution in [0.4, 0.5) is 8.78 Å². The average Bonchev–Trinajstić information content (AvgIpc) is 3.47. The van der Waals surface area contributed by atoms with Crippen LogP contribution in [0.1, 0.15) is 32.6 Å². The van der Waals surface area contributed by atoms with Gasteiger partial charge in [-0.05, 0) is 44.4 Å². The largest absolute Gasteiger partial charge is 0.380 e. The quantitative estimate of drug-likeness (QED) is 0.226. The molecule has 5 rings (SSSR count). The molecule has 0 aromatic carbocycles. The van der Waals surface area contributed by atoms with E-state index in [1.54, 1.807) is 23.8 Å². The van der Waals surface area contributed by atoms with Crippen molar-refractivity contribution in [2.24, 2.45) is 23.7 Å². The lowest BCUT2D eigenvalue weighted by Gasteiger charge is -2.45. The van der Waals surface area contributed by atoms with E-state index >= 15 is 0 Å². The topological polar surface area (TPSA) is 107 Å². The van der Waals surface area contributed by atoms with E-state index in [1.165, 1.54) is 0 Å². The number of likely N-dealkylation sites (tertiary alicyclic amines) is 1. The van der Waals surface area contributed by atoms with E-state index in [-0.39, 0.29) is 64.4 Å². The first-order valence-corrected chi connectivity index (χ1v) is 15.8. The van der Waals surface area contributed by atoms with Gasteiger partial charge >= 0.3 is 0 Å². The van der Waals surface area contributed by atoms with E-state index in [4.69, 9.17) is 27.9 Å². The standard InChI is InChI=1S/C25H40Cl2F2N6O3S/c1-11-5-13(14-6-20(26)31-8-18(14)38-2)15(7-30-11)23(36)34-25-33-17-9-35(10-19(17)39-25)24(37)12-3-4-16(22(28)29)32-21(12)27/h11-22,25,30-33H,3-10H2,1-2H3,(H,34,36). The summed E-state index contributed by atoms with van der Waals surface area (Å²) in [4.78, 5) is 28.5. The van der Waals surface area contributed by atoms with Crippen molar-refractivity contribution in [3.63, 3.8) is 0 Å². The molecule has 0 aromatic heterocycles. The molecule has 0 aromatic rings. The maximum atomic E-state index is 13.6. The first-order valence-electron chi connectivity index (χ1n) is 14.0. The van der Waals surface area contributed by atoms with Gasteiger partial charge in [-0.15, -0.1) is 35.0 Å². The van der Waals surface area contributed by atoms with Crippen molar-refractivity contribution in [2.45, 2.75) is 85.0 Å². The molecule has 9 nitrogen and oxygen atoms in total. The first kappa shape index (κ1) is 30.0. The Balaban J connectivity index is 1.14. The number of halogens is 4. The molecular formula is C25H40Cl2F2N6O3S. The molecule has 39 heavy (non-hydrogen) atoms. The Morgan fingerprint density at radius 1 is 1.05 bits per heavy atom. The number of thioether (sulfide) groups is 1. The highest BCUT2D eigenvalue weighted by Gasteiger charge is 2.48. The van der Waals surface area contributed by atoms with Gasteiger partial charge in [-0.25, -0.2) is 8.78 Å². The number of nitrogens with zero attached hydrogens (tertiary/aromatic N) is 1. The normalized spacial score (nSPS) is 44.8. The molecule has 12 unspecified atom stereocenters. The first-order chi connectivity index (χ1) is 18.6. The molecule has 0 saturated carbocycles. The molecule has 0 radical (unpaired) electrons. The summed E-state index contributed by atoms with van der Waals surface area (Å²) in [5.41, 5.74) is -1.16. The molecular weight excluding hydrogens is 573 g/mol. The smallest absolute Gasteiger partial charge is 0.253 e. The number of fused-ring (bicyclic) bond motifs is 1. The molecule has 0 aliphatic carbocycles. The van der Waals surface area contributed by atoms with Gasteiger partial charge in [0.05, 0.1) is 35.0 Å². The minimum Gasteiger partial charge on any atom is -0.380 e. The van der Waals surface area contributed by atoms with Crippen LogP contribution >= 0.6 is 35.0 Å². The van der Waals surface area contributed by atoms with Crippen LogP contribution in [-0.4, -0.2) is 102 Å². The summed E-state index contributed by atoms with van der Waals surface area (Å²) in [6.45, 7) is 4.48. The fourth-order valence-corrected chi connectivity index (χ4v) is 9.14. The van der Waals surface area contributed by atoms with Crippen molar-refractivity contribution in [2.75, 3.05) is 33.3 Å². The van der Waals surface area contributed by atoms with Crippen LogP contribution in [-0.2, 0) is 14.3 Å². The minimum atomic E-state index is -2.50. The minimum absolute atomic E-state index is 0.0145. The van der Waals surface area contributed by atoms with E-state index in [9.17, 15) is 18.4 Å². The molecule has 5 fully saturated rings. The third-order valence-electron chi connectivity index (χ3n) is 9.18. The summed E-state index contributed by atoms with van der Waals surface area (Å²) in [5, 5.41) is 16.3. The number of carbonyl (C=O) groups is 2. The second-order valence-electron chi connectivity index (χ2n) is 11.6. The average molecular weight is 614 g/mol. The zero-order valence-electron chi connectivity index (χ0n) is 22.3. The summed E-state index contributed by atoms with van der Waals surface area (Å²) in [7, 11) is 1.72. The molecule has 5 saturated heterocycles. The van der Waals surface area contributed by atoms with Crippen molar-refractivity contribution in [3.8, 4) is 0 Å². The second-order valence-corrected chi connectivity index (χ2v) is 14.0. The fraction of sp³-hybridized carbons (Fsp3) is 0.920. The van der Waals surface area contributed by atoms with E-state index in [0.29, 0.717) is 38.6 Å². The van der Waals surface area contributed by atoms with Crippen molar-refractivity contribution < 1.29 is 23.1 Å². The Labute approximate surface area is 242 Å². The molecule has 0 bridgehead atoms. The zero-order chi connectivity index (χ0) is 27.8. The number of nitrogens with one attached hydrogen (secondary N) is 5. The van der Waals surface area contributed by atoms with Crippen molar-refractivity contribution in [3.05, 3.63) is 0 Å². The molecule has 5 aliphatic rings. The summed E-state index contributed by atoms with van der Waals surface area (Å²) in [6.07, 6.45) is -0.268. The van der Waals surface area contributed by atoms with E-state index in [1.807, 2.05) is 0 Å². The van der Waals surface area contributed by atoms with E-state index in [0.717, 1.165) is 12.8 Å². The van der Waals surface area contributed by atoms with Crippen LogP contribution in [0.2, 0.25) is 0 Å². The van der Waals surface area contributed by atoms with Gasteiger partial charge in [0.15, 0.2) is 0 Å². The Morgan fingerprint density at radius 3 is 2.54 bits per heavy atom. The number of carbonyl (C=O) groups excluding carboxylic acids is 2. The summed E-state index contributed by atoms with van der Waals surface area (Å²) < 4.78 is 31.8. The van der Waals surface area contributed by atoms with Gasteiger partial charge in [0, 0.05) is 50.6 Å². The lowest BCUT2D eigenvalue weighted by Crippen LogP contribution is -2.57. The van der Waals surface area contributed by atoms with Gasteiger partial charge in [-0.1, -0.05) is 0 Å². The van der Waals surface area contributed by atoms with Crippen LogP contribution in [0.15, 0.2) is 0 Å². The third-order valence-corrected chi connectivity index (χ3v) is 11.3. The lowest BCUT2D eigenvalue weighted by molar-refractivity contribution is -0.136. The Hall–Kier alpha value is -0.470. The number of rotatable bonds is 6. The van der Waals surface area contributed by atoms with Crippen molar-refractivity contribution >= 4 is 46.8 Å². The number of ether oxygens (including phenoxy) is 1. The maximum absolute atomic E-state index is 13.6. The monoisotopic (exact) mass is 612 g/mol. The second kappa shape index (κ2) is 12.8. The number of methoxy groups -OCH3 is 1. The van der Waals surface area contributed by atoms with E-state index in [2.05, 4.69) is 33.5 Å². The molecule has 12 atom stereocenters. The number of amides is 2. The van der Waals surface area contributed by atoms with Gasteiger partial charge in [-0.2, -0.15) is 0 Å². The SMILES string of the molecule is COC1CNC(Cl)CC1C1CC(C)NCC1C(=O)NC1NC2CN(C(=O)C3CCC(C(F)F)NC3Cl)CC2S1. The molecule has 5 heterocycles. The summed E-state index contributed by atoms with van der Waals surface area (Å²) in [6, 6.07) is -0.608. The molecule has 14 heteroatoms. The van der Waals surface area contributed by atoms with Gasteiger partial charge < -0.3 is 20.3 Å². The van der Waals surface area contributed by atoms with Gasteiger partial charge in [-0.3, -0.25) is 25.5 Å². The van der Waals surface area contributed by atoms with Crippen LogP contribution in [0, 0.1) is 23.7 Å². The van der Waals surface area contributed by atoms with Gasteiger partial charge in [0.2, 0.25) is 11.8 Å². The number of alkyl halides is 4. The fourth-order valence-electron chi connectivity index (χ4n) is 7.04. The van der Waals surface area contributed by atoms with Crippen LogP contribution < -0.4 is 26.6 Å². The molecule has 5 N–H and O–H groups in total. The summed E-state index contributed by atoms with van der Waals surface area (Å²) in [5.74, 6) is -0.432. The van der Waals surface area contributed by atoms with E-state index < -0.39 is 23.9 Å². The molecule has 222 valence electrons. The Morgan fingerprint density at radius 2 is 1.85 bits per heavy atom.